The van der Waals surface area contributed by atoms with Crippen molar-refractivity contribution in [3.05, 3.63) is 35.9 Å². The number of benzene rings is 1. The maximum absolute atomic E-state index is 2.39. The van der Waals surface area contributed by atoms with Gasteiger partial charge >= 0.3 is 0 Å². The molecule has 2 rings (SSSR count). The van der Waals surface area contributed by atoms with E-state index < -0.39 is 0 Å². The van der Waals surface area contributed by atoms with Gasteiger partial charge in [-0.3, -0.25) is 0 Å². The highest BCUT2D eigenvalue weighted by Crippen LogP contribution is 2.31. The van der Waals surface area contributed by atoms with Gasteiger partial charge in [0.05, 0.1) is 19.1 Å². The summed E-state index contributed by atoms with van der Waals surface area (Å²) < 4.78 is 1.36. The summed E-state index contributed by atoms with van der Waals surface area (Å²) in [5.41, 5.74) is 1.53. The Hall–Kier alpha value is -0.820. The van der Waals surface area contributed by atoms with Crippen LogP contribution < -0.4 is 0 Å². The minimum Gasteiger partial charge on any atom is -0.317 e. The molecule has 0 aromatic heterocycles. The number of unbranched alkanes of at least 4 members (excludes halogenated alkanes) is 1. The maximum atomic E-state index is 2.39. The van der Waals surface area contributed by atoms with Crippen molar-refractivity contribution in [2.45, 2.75) is 65.0 Å². The minimum atomic E-state index is 0.889. The van der Waals surface area contributed by atoms with Gasteiger partial charge in [-0.1, -0.05) is 50.6 Å². The SMILES string of the molecule is CCCC[N+]1(Cc2ccccc2)CCCCC1CC. The van der Waals surface area contributed by atoms with E-state index in [9.17, 15) is 0 Å². The molecular weight excluding hydrogens is 230 g/mol. The van der Waals surface area contributed by atoms with Gasteiger partial charge < -0.3 is 4.48 Å². The summed E-state index contributed by atoms with van der Waals surface area (Å²) in [6.45, 7) is 8.74. The molecule has 0 N–H and O–H groups in total. The molecule has 0 bridgehead atoms. The van der Waals surface area contributed by atoms with Crippen LogP contribution >= 0.6 is 0 Å². The number of piperidine rings is 1. The second-order valence-corrected chi connectivity index (χ2v) is 6.22. The molecule has 1 aromatic carbocycles. The molecule has 1 saturated heterocycles. The van der Waals surface area contributed by atoms with E-state index in [-0.39, 0.29) is 0 Å². The Morgan fingerprint density at radius 2 is 1.89 bits per heavy atom. The number of rotatable bonds is 6. The van der Waals surface area contributed by atoms with Crippen molar-refractivity contribution >= 4 is 0 Å². The first kappa shape index (κ1) is 14.6. The Morgan fingerprint density at radius 3 is 2.58 bits per heavy atom. The van der Waals surface area contributed by atoms with Gasteiger partial charge in [-0.2, -0.15) is 0 Å². The van der Waals surface area contributed by atoms with Crippen molar-refractivity contribution < 1.29 is 4.48 Å². The van der Waals surface area contributed by atoms with Gasteiger partial charge in [0.15, 0.2) is 0 Å². The van der Waals surface area contributed by atoms with Crippen molar-refractivity contribution in [1.29, 1.82) is 0 Å². The highest BCUT2D eigenvalue weighted by molar-refractivity contribution is 5.13. The van der Waals surface area contributed by atoms with Crippen LogP contribution in [0.2, 0.25) is 0 Å². The summed E-state index contributed by atoms with van der Waals surface area (Å²) >= 11 is 0. The fraction of sp³-hybridized carbons (Fsp3) is 0.667. The summed E-state index contributed by atoms with van der Waals surface area (Å²) in [6.07, 6.45) is 8.35. The lowest BCUT2D eigenvalue weighted by Gasteiger charge is -2.48. The Kier molecular flexibility index (Phi) is 5.45. The average molecular weight is 260 g/mol. The molecule has 2 atom stereocenters. The van der Waals surface area contributed by atoms with Crippen LogP contribution in [0, 0.1) is 0 Å². The third-order valence-electron chi connectivity index (χ3n) is 4.93. The van der Waals surface area contributed by atoms with Crippen molar-refractivity contribution in [2.75, 3.05) is 13.1 Å². The van der Waals surface area contributed by atoms with E-state index in [1.54, 1.807) is 0 Å². The van der Waals surface area contributed by atoms with Crippen LogP contribution in [0.25, 0.3) is 0 Å². The van der Waals surface area contributed by atoms with E-state index in [0.717, 1.165) is 6.04 Å². The van der Waals surface area contributed by atoms with Gasteiger partial charge in [-0.25, -0.2) is 0 Å². The molecule has 19 heavy (non-hydrogen) atoms. The molecular formula is C18H30N+. The first-order valence-electron chi connectivity index (χ1n) is 8.20. The molecule has 1 aromatic rings. The number of likely N-dealkylation sites (tertiary alicyclic amines) is 1. The van der Waals surface area contributed by atoms with Crippen molar-refractivity contribution in [2.24, 2.45) is 0 Å². The van der Waals surface area contributed by atoms with Gasteiger partial charge in [-0.05, 0) is 32.1 Å². The molecule has 0 radical (unpaired) electrons. The molecule has 0 amide bonds. The van der Waals surface area contributed by atoms with Crippen molar-refractivity contribution in [1.82, 2.24) is 0 Å². The van der Waals surface area contributed by atoms with Crippen LogP contribution in [0.15, 0.2) is 30.3 Å². The second kappa shape index (κ2) is 7.09. The summed E-state index contributed by atoms with van der Waals surface area (Å²) in [4.78, 5) is 0. The molecule has 1 heterocycles. The van der Waals surface area contributed by atoms with Crippen molar-refractivity contribution in [3.63, 3.8) is 0 Å². The predicted octanol–water partition coefficient (Wildman–Crippen LogP) is 4.77. The first-order chi connectivity index (χ1) is 9.30. The van der Waals surface area contributed by atoms with Crippen LogP contribution in [-0.4, -0.2) is 23.6 Å². The summed E-state index contributed by atoms with van der Waals surface area (Å²) in [6, 6.07) is 12.0. The lowest BCUT2D eigenvalue weighted by molar-refractivity contribution is -0.968. The standard InChI is InChI=1S/C18H30N/c1-3-5-14-19(15-10-9-13-18(19)4-2)16-17-11-7-6-8-12-17/h6-8,11-12,18H,3-5,9-10,13-16H2,1-2H3/q+1. The number of nitrogens with zero attached hydrogens (tertiary/aromatic N) is 1. The van der Waals surface area contributed by atoms with E-state index >= 15 is 0 Å². The van der Waals surface area contributed by atoms with E-state index in [1.165, 1.54) is 68.2 Å². The molecule has 1 aliphatic rings. The number of hydrogen-bond donors (Lipinski definition) is 0. The fourth-order valence-electron chi connectivity index (χ4n) is 3.86. The van der Waals surface area contributed by atoms with E-state index in [0.29, 0.717) is 0 Å². The first-order valence-corrected chi connectivity index (χ1v) is 8.20. The molecule has 106 valence electrons. The summed E-state index contributed by atoms with van der Waals surface area (Å²) in [7, 11) is 0. The Balaban J connectivity index is 2.17. The Labute approximate surface area is 119 Å². The van der Waals surface area contributed by atoms with Gasteiger partial charge in [0.1, 0.15) is 6.54 Å². The monoisotopic (exact) mass is 260 g/mol. The molecule has 1 heteroatoms. The fourth-order valence-corrected chi connectivity index (χ4v) is 3.86. The smallest absolute Gasteiger partial charge is 0.105 e. The zero-order valence-electron chi connectivity index (χ0n) is 12.8. The highest BCUT2D eigenvalue weighted by atomic mass is 15.4. The molecule has 0 aliphatic carbocycles. The van der Waals surface area contributed by atoms with Crippen LogP contribution in [0.1, 0.15) is 57.9 Å². The maximum Gasteiger partial charge on any atom is 0.105 e. The van der Waals surface area contributed by atoms with E-state index in [4.69, 9.17) is 0 Å². The van der Waals surface area contributed by atoms with Crippen LogP contribution in [0.3, 0.4) is 0 Å². The second-order valence-electron chi connectivity index (χ2n) is 6.22. The van der Waals surface area contributed by atoms with Crippen LogP contribution in [0.5, 0.6) is 0 Å². The zero-order chi connectivity index (χ0) is 13.6. The number of hydrogen-bond acceptors (Lipinski definition) is 0. The van der Waals surface area contributed by atoms with Gasteiger partial charge in [-0.15, -0.1) is 0 Å². The minimum absolute atomic E-state index is 0.889. The molecule has 0 saturated carbocycles. The predicted molar refractivity (Wildman–Crippen MR) is 83.0 cm³/mol. The van der Waals surface area contributed by atoms with Gasteiger partial charge in [0, 0.05) is 5.56 Å². The summed E-state index contributed by atoms with van der Waals surface area (Å²) in [5, 5.41) is 0. The molecule has 1 nitrogen and oxygen atoms in total. The molecule has 2 unspecified atom stereocenters. The largest absolute Gasteiger partial charge is 0.317 e. The van der Waals surface area contributed by atoms with E-state index in [2.05, 4.69) is 44.2 Å². The van der Waals surface area contributed by atoms with Crippen LogP contribution in [0.4, 0.5) is 0 Å². The van der Waals surface area contributed by atoms with Gasteiger partial charge in [0.2, 0.25) is 0 Å². The third-order valence-corrected chi connectivity index (χ3v) is 4.93. The Morgan fingerprint density at radius 1 is 1.11 bits per heavy atom. The lowest BCUT2D eigenvalue weighted by atomic mass is 9.94. The van der Waals surface area contributed by atoms with Gasteiger partial charge in [0.25, 0.3) is 0 Å². The molecule has 0 spiro atoms. The normalized spacial score (nSPS) is 27.4. The zero-order valence-corrected chi connectivity index (χ0v) is 12.8. The topological polar surface area (TPSA) is 0 Å². The molecule has 1 fully saturated rings. The highest BCUT2D eigenvalue weighted by Gasteiger charge is 2.37. The average Bonchev–Trinajstić information content (AvgIpc) is 2.47. The quantitative estimate of drug-likeness (QED) is 0.647. The Bertz CT molecular complexity index is 359. The van der Waals surface area contributed by atoms with Crippen molar-refractivity contribution in [3.8, 4) is 0 Å². The van der Waals surface area contributed by atoms with Crippen LogP contribution in [-0.2, 0) is 6.54 Å². The lowest BCUT2D eigenvalue weighted by Crippen LogP contribution is -2.57. The molecule has 1 aliphatic heterocycles. The third kappa shape index (κ3) is 3.60. The summed E-state index contributed by atoms with van der Waals surface area (Å²) in [5.74, 6) is 0. The number of quaternary nitrogens is 1. The van der Waals surface area contributed by atoms with E-state index in [1.807, 2.05) is 0 Å².